The molecule has 2 unspecified atom stereocenters. The summed E-state index contributed by atoms with van der Waals surface area (Å²) in [5, 5.41) is 12.7. The summed E-state index contributed by atoms with van der Waals surface area (Å²) in [5.74, 6) is 0. The summed E-state index contributed by atoms with van der Waals surface area (Å²) in [6.07, 6.45) is -0.281. The highest BCUT2D eigenvalue weighted by atomic mass is 16.5. The van der Waals surface area contributed by atoms with Gasteiger partial charge < -0.3 is 19.9 Å². The number of hydrogen-bond acceptors (Lipinski definition) is 4. The fourth-order valence-electron chi connectivity index (χ4n) is 1.05. The first-order valence-electron chi connectivity index (χ1n) is 5.67. The normalized spacial score (nSPS) is 15.6. The van der Waals surface area contributed by atoms with Crippen LogP contribution in [-0.4, -0.2) is 49.7 Å². The molecule has 0 fully saturated rings. The van der Waals surface area contributed by atoms with E-state index in [1.807, 2.05) is 27.7 Å². The molecular formula is C11H25NO3. The van der Waals surface area contributed by atoms with E-state index in [9.17, 15) is 5.11 Å². The van der Waals surface area contributed by atoms with Crippen molar-refractivity contribution in [1.29, 1.82) is 0 Å². The first kappa shape index (κ1) is 14.8. The zero-order valence-electron chi connectivity index (χ0n) is 10.3. The molecule has 92 valence electrons. The van der Waals surface area contributed by atoms with Gasteiger partial charge in [-0.1, -0.05) is 0 Å². The van der Waals surface area contributed by atoms with Crippen LogP contribution in [0.4, 0.5) is 0 Å². The molecule has 0 saturated carbocycles. The van der Waals surface area contributed by atoms with Crippen molar-refractivity contribution in [3.63, 3.8) is 0 Å². The Morgan fingerprint density at radius 2 is 1.87 bits per heavy atom. The van der Waals surface area contributed by atoms with Gasteiger partial charge in [-0.05, 0) is 27.7 Å². The van der Waals surface area contributed by atoms with Gasteiger partial charge in [-0.3, -0.25) is 0 Å². The topological polar surface area (TPSA) is 50.7 Å². The highest BCUT2D eigenvalue weighted by Crippen LogP contribution is 1.92. The van der Waals surface area contributed by atoms with Crippen LogP contribution in [-0.2, 0) is 9.47 Å². The number of ether oxygens (including phenoxy) is 2. The lowest BCUT2D eigenvalue weighted by molar-refractivity contribution is 0.00429. The monoisotopic (exact) mass is 219 g/mol. The van der Waals surface area contributed by atoms with E-state index in [0.29, 0.717) is 19.8 Å². The molecule has 0 aromatic heterocycles. The van der Waals surface area contributed by atoms with Crippen molar-refractivity contribution in [3.8, 4) is 0 Å². The molecule has 0 aromatic rings. The number of rotatable bonds is 9. The predicted octanol–water partition coefficient (Wildman–Crippen LogP) is 0.787. The third-order valence-electron chi connectivity index (χ3n) is 1.90. The lowest BCUT2D eigenvalue weighted by Gasteiger charge is -2.18. The summed E-state index contributed by atoms with van der Waals surface area (Å²) in [7, 11) is 0. The molecule has 0 aromatic carbocycles. The van der Waals surface area contributed by atoms with Gasteiger partial charge in [0.25, 0.3) is 0 Å². The van der Waals surface area contributed by atoms with Gasteiger partial charge in [-0.25, -0.2) is 0 Å². The van der Waals surface area contributed by atoms with E-state index < -0.39 is 6.10 Å². The van der Waals surface area contributed by atoms with Crippen LogP contribution < -0.4 is 5.32 Å². The Balaban J connectivity index is 3.39. The summed E-state index contributed by atoms with van der Waals surface area (Å²) in [4.78, 5) is 0. The van der Waals surface area contributed by atoms with Crippen molar-refractivity contribution in [1.82, 2.24) is 5.32 Å². The molecule has 0 aliphatic heterocycles. The van der Waals surface area contributed by atoms with Gasteiger partial charge in [0.1, 0.15) is 0 Å². The molecule has 0 bridgehead atoms. The molecule has 0 amide bonds. The quantitative estimate of drug-likeness (QED) is 0.602. The minimum absolute atomic E-state index is 0.167. The number of aliphatic hydroxyl groups is 1. The van der Waals surface area contributed by atoms with Crippen LogP contribution >= 0.6 is 0 Å². The molecule has 4 nitrogen and oxygen atoms in total. The van der Waals surface area contributed by atoms with Crippen molar-refractivity contribution in [2.24, 2.45) is 0 Å². The van der Waals surface area contributed by atoms with Gasteiger partial charge in [0.15, 0.2) is 0 Å². The summed E-state index contributed by atoms with van der Waals surface area (Å²) in [5.41, 5.74) is 0. The first-order valence-corrected chi connectivity index (χ1v) is 5.67. The van der Waals surface area contributed by atoms with Crippen LogP contribution in [0.2, 0.25) is 0 Å². The lowest BCUT2D eigenvalue weighted by atomic mass is 10.3. The van der Waals surface area contributed by atoms with Crippen molar-refractivity contribution >= 4 is 0 Å². The number of aliphatic hydroxyl groups excluding tert-OH is 1. The Hall–Kier alpha value is -0.160. The van der Waals surface area contributed by atoms with Gasteiger partial charge in [0, 0.05) is 19.2 Å². The van der Waals surface area contributed by atoms with Crippen LogP contribution in [0.25, 0.3) is 0 Å². The second-order valence-corrected chi connectivity index (χ2v) is 4.00. The van der Waals surface area contributed by atoms with E-state index in [1.54, 1.807) is 0 Å². The van der Waals surface area contributed by atoms with E-state index in [4.69, 9.17) is 9.47 Å². The highest BCUT2D eigenvalue weighted by Gasteiger charge is 2.07. The summed E-state index contributed by atoms with van der Waals surface area (Å²) in [6.45, 7) is 10.2. The molecule has 0 spiro atoms. The summed E-state index contributed by atoms with van der Waals surface area (Å²) in [6, 6.07) is 0.263. The van der Waals surface area contributed by atoms with E-state index >= 15 is 0 Å². The standard InChI is InChI=1S/C11H25NO3/c1-5-14-7-10(4)12-6-11(13)8-15-9(2)3/h9-13H,5-8H2,1-4H3. The zero-order chi connectivity index (χ0) is 11.7. The van der Waals surface area contributed by atoms with E-state index in [2.05, 4.69) is 5.32 Å². The van der Waals surface area contributed by atoms with Crippen LogP contribution in [0, 0.1) is 0 Å². The SMILES string of the molecule is CCOCC(C)NCC(O)COC(C)C. The van der Waals surface area contributed by atoms with E-state index in [-0.39, 0.29) is 12.1 Å². The van der Waals surface area contributed by atoms with Gasteiger partial charge in [-0.15, -0.1) is 0 Å². The number of nitrogens with one attached hydrogen (secondary N) is 1. The molecule has 0 aliphatic carbocycles. The molecule has 2 N–H and O–H groups in total. The van der Waals surface area contributed by atoms with Gasteiger partial charge in [-0.2, -0.15) is 0 Å². The molecular weight excluding hydrogens is 194 g/mol. The molecule has 0 heterocycles. The Morgan fingerprint density at radius 3 is 2.40 bits per heavy atom. The Kier molecular flexibility index (Phi) is 9.00. The summed E-state index contributed by atoms with van der Waals surface area (Å²) >= 11 is 0. The average molecular weight is 219 g/mol. The maximum absolute atomic E-state index is 9.54. The summed E-state index contributed by atoms with van der Waals surface area (Å²) < 4.78 is 10.5. The lowest BCUT2D eigenvalue weighted by Crippen LogP contribution is -2.38. The predicted molar refractivity (Wildman–Crippen MR) is 61.1 cm³/mol. The maximum atomic E-state index is 9.54. The van der Waals surface area contributed by atoms with E-state index in [1.165, 1.54) is 0 Å². The van der Waals surface area contributed by atoms with Crippen molar-refractivity contribution < 1.29 is 14.6 Å². The zero-order valence-corrected chi connectivity index (χ0v) is 10.3. The highest BCUT2D eigenvalue weighted by molar-refractivity contribution is 4.64. The average Bonchev–Trinajstić information content (AvgIpc) is 2.20. The second kappa shape index (κ2) is 9.09. The first-order chi connectivity index (χ1) is 7.06. The molecule has 0 radical (unpaired) electrons. The molecule has 4 heteroatoms. The fourth-order valence-corrected chi connectivity index (χ4v) is 1.05. The number of hydrogen-bond donors (Lipinski definition) is 2. The third-order valence-corrected chi connectivity index (χ3v) is 1.90. The third kappa shape index (κ3) is 10.1. The van der Waals surface area contributed by atoms with Crippen molar-refractivity contribution in [3.05, 3.63) is 0 Å². The van der Waals surface area contributed by atoms with Gasteiger partial charge in [0.2, 0.25) is 0 Å². The Bertz CT molecular complexity index is 142. The smallest absolute Gasteiger partial charge is 0.0897 e. The molecule has 2 atom stereocenters. The Labute approximate surface area is 93.0 Å². The van der Waals surface area contributed by atoms with Crippen molar-refractivity contribution in [2.75, 3.05) is 26.4 Å². The molecule has 0 rings (SSSR count). The van der Waals surface area contributed by atoms with E-state index in [0.717, 1.165) is 6.61 Å². The van der Waals surface area contributed by atoms with Crippen LogP contribution in [0.1, 0.15) is 27.7 Å². The molecule has 15 heavy (non-hydrogen) atoms. The molecule has 0 saturated heterocycles. The second-order valence-electron chi connectivity index (χ2n) is 4.00. The van der Waals surface area contributed by atoms with Gasteiger partial charge in [0.05, 0.1) is 25.4 Å². The largest absolute Gasteiger partial charge is 0.389 e. The Morgan fingerprint density at radius 1 is 1.20 bits per heavy atom. The van der Waals surface area contributed by atoms with Crippen molar-refractivity contribution in [2.45, 2.75) is 45.9 Å². The molecule has 0 aliphatic rings. The van der Waals surface area contributed by atoms with Crippen LogP contribution in [0.15, 0.2) is 0 Å². The van der Waals surface area contributed by atoms with Crippen LogP contribution in [0.3, 0.4) is 0 Å². The minimum atomic E-state index is -0.448. The fraction of sp³-hybridized carbons (Fsp3) is 1.00. The van der Waals surface area contributed by atoms with Gasteiger partial charge >= 0.3 is 0 Å². The minimum Gasteiger partial charge on any atom is -0.389 e. The van der Waals surface area contributed by atoms with Crippen LogP contribution in [0.5, 0.6) is 0 Å². The maximum Gasteiger partial charge on any atom is 0.0897 e.